The third-order valence-corrected chi connectivity index (χ3v) is 4.26. The van der Waals surface area contributed by atoms with E-state index in [1.54, 1.807) is 19.1 Å². The molecule has 148 valence electrons. The van der Waals surface area contributed by atoms with Crippen molar-refractivity contribution in [1.29, 1.82) is 0 Å². The van der Waals surface area contributed by atoms with Crippen molar-refractivity contribution in [2.24, 2.45) is 11.8 Å². The van der Waals surface area contributed by atoms with Crippen LogP contribution in [0.1, 0.15) is 65.2 Å². The molecule has 6 nitrogen and oxygen atoms in total. The lowest BCUT2D eigenvalue weighted by molar-refractivity contribution is -0.154. The van der Waals surface area contributed by atoms with E-state index in [4.69, 9.17) is 4.74 Å². The Morgan fingerprint density at radius 2 is 1.69 bits per heavy atom. The lowest BCUT2D eigenvalue weighted by Gasteiger charge is -2.19. The molecule has 6 heteroatoms. The molecular weight excluding hydrogens is 336 g/mol. The van der Waals surface area contributed by atoms with Gasteiger partial charge in [0.25, 0.3) is 0 Å². The summed E-state index contributed by atoms with van der Waals surface area (Å²) < 4.78 is 5.14. The Bertz CT molecular complexity index is 495. The minimum atomic E-state index is -1.13. The molecule has 2 unspecified atom stereocenters. The maximum Gasteiger partial charge on any atom is 0.333 e. The van der Waals surface area contributed by atoms with Crippen molar-refractivity contribution in [2.75, 3.05) is 6.61 Å². The lowest BCUT2D eigenvalue weighted by atomic mass is 9.85. The summed E-state index contributed by atoms with van der Waals surface area (Å²) in [6.45, 7) is 7.91. The number of allylic oxidation sites excluding steroid dienone is 2. The third-order valence-electron chi connectivity index (χ3n) is 4.26. The highest BCUT2D eigenvalue weighted by molar-refractivity contribution is 5.87. The van der Waals surface area contributed by atoms with Crippen LogP contribution in [0.25, 0.3) is 0 Å². The smallest absolute Gasteiger partial charge is 0.333 e. The summed E-state index contributed by atoms with van der Waals surface area (Å²) in [6, 6.07) is 0. The Labute approximate surface area is 155 Å². The molecule has 0 heterocycles. The molecule has 0 rings (SSSR count). The van der Waals surface area contributed by atoms with Crippen LogP contribution >= 0.6 is 0 Å². The second-order valence-electron chi connectivity index (χ2n) is 6.39. The summed E-state index contributed by atoms with van der Waals surface area (Å²) in [4.78, 5) is 34.6. The SMILES string of the molecule is C=C(CCCC(C(=O)O)C(CC=CC)C(=O)O)C(=O)OCCCCCC. The van der Waals surface area contributed by atoms with Crippen molar-refractivity contribution < 1.29 is 29.3 Å². The van der Waals surface area contributed by atoms with E-state index >= 15 is 0 Å². The topological polar surface area (TPSA) is 101 Å². The van der Waals surface area contributed by atoms with Gasteiger partial charge in [-0.15, -0.1) is 0 Å². The molecule has 26 heavy (non-hydrogen) atoms. The number of ether oxygens (including phenoxy) is 1. The van der Waals surface area contributed by atoms with E-state index in [2.05, 4.69) is 13.5 Å². The van der Waals surface area contributed by atoms with Crippen molar-refractivity contribution in [3.8, 4) is 0 Å². The van der Waals surface area contributed by atoms with Gasteiger partial charge in [0.1, 0.15) is 0 Å². The molecule has 0 bridgehead atoms. The van der Waals surface area contributed by atoms with Gasteiger partial charge >= 0.3 is 17.9 Å². The Morgan fingerprint density at radius 1 is 1.04 bits per heavy atom. The Morgan fingerprint density at radius 3 is 2.23 bits per heavy atom. The monoisotopic (exact) mass is 368 g/mol. The molecule has 0 aromatic heterocycles. The standard InChI is InChI=1S/C20H32O6/c1-4-6-8-9-14-26-20(25)15(3)11-10-13-17(19(23)24)16(18(21)22)12-7-5-2/h5,7,16-17H,3-4,6,8-14H2,1-2H3,(H,21,22)(H,23,24). The van der Waals surface area contributed by atoms with Crippen LogP contribution in [0.3, 0.4) is 0 Å². The van der Waals surface area contributed by atoms with Gasteiger partial charge in [-0.2, -0.15) is 0 Å². The maximum atomic E-state index is 11.8. The molecule has 0 radical (unpaired) electrons. The maximum absolute atomic E-state index is 11.8. The molecule has 2 atom stereocenters. The minimum Gasteiger partial charge on any atom is -0.481 e. The number of unbranched alkanes of at least 4 members (excludes halogenated alkanes) is 3. The summed E-state index contributed by atoms with van der Waals surface area (Å²) in [7, 11) is 0. The van der Waals surface area contributed by atoms with E-state index in [0.29, 0.717) is 25.0 Å². The summed E-state index contributed by atoms with van der Waals surface area (Å²) in [5, 5.41) is 18.6. The molecule has 0 saturated carbocycles. The van der Waals surface area contributed by atoms with Crippen molar-refractivity contribution in [3.63, 3.8) is 0 Å². The minimum absolute atomic E-state index is 0.170. The van der Waals surface area contributed by atoms with Crippen LogP contribution in [0.4, 0.5) is 0 Å². The predicted octanol–water partition coefficient (Wildman–Crippen LogP) is 4.20. The van der Waals surface area contributed by atoms with Gasteiger partial charge in [0.05, 0.1) is 18.4 Å². The molecule has 0 aliphatic rings. The average molecular weight is 368 g/mol. The first-order chi connectivity index (χ1) is 12.3. The van der Waals surface area contributed by atoms with Gasteiger partial charge in [-0.05, 0) is 39.0 Å². The van der Waals surface area contributed by atoms with E-state index in [9.17, 15) is 24.6 Å². The van der Waals surface area contributed by atoms with Gasteiger partial charge in [0.15, 0.2) is 0 Å². The van der Waals surface area contributed by atoms with Crippen LogP contribution in [0.5, 0.6) is 0 Å². The van der Waals surface area contributed by atoms with Crippen LogP contribution in [-0.4, -0.2) is 34.7 Å². The molecular formula is C20H32O6. The van der Waals surface area contributed by atoms with Crippen LogP contribution in [-0.2, 0) is 19.1 Å². The fraction of sp³-hybridized carbons (Fsp3) is 0.650. The van der Waals surface area contributed by atoms with Crippen LogP contribution in [0, 0.1) is 11.8 Å². The highest BCUT2D eigenvalue weighted by Gasteiger charge is 2.32. The number of carbonyl (C=O) groups excluding carboxylic acids is 1. The van der Waals surface area contributed by atoms with E-state index in [1.807, 2.05) is 0 Å². The second-order valence-corrected chi connectivity index (χ2v) is 6.39. The number of esters is 1. The Balaban J connectivity index is 4.40. The zero-order chi connectivity index (χ0) is 19.9. The molecule has 0 aliphatic carbocycles. The van der Waals surface area contributed by atoms with Gasteiger partial charge in [0, 0.05) is 5.57 Å². The van der Waals surface area contributed by atoms with Crippen molar-refractivity contribution in [2.45, 2.75) is 65.2 Å². The normalized spacial score (nSPS) is 13.3. The summed E-state index contributed by atoms with van der Waals surface area (Å²) in [5.41, 5.74) is 0.296. The summed E-state index contributed by atoms with van der Waals surface area (Å²) >= 11 is 0. The van der Waals surface area contributed by atoms with Gasteiger partial charge < -0.3 is 14.9 Å². The van der Waals surface area contributed by atoms with Crippen molar-refractivity contribution in [1.82, 2.24) is 0 Å². The second kappa shape index (κ2) is 14.1. The Hall–Kier alpha value is -2.11. The zero-order valence-corrected chi connectivity index (χ0v) is 15.9. The molecule has 0 saturated heterocycles. The number of carbonyl (C=O) groups is 3. The lowest BCUT2D eigenvalue weighted by Crippen LogP contribution is -2.29. The first-order valence-electron chi connectivity index (χ1n) is 9.26. The quantitative estimate of drug-likeness (QED) is 0.194. The first-order valence-corrected chi connectivity index (χ1v) is 9.26. The van der Waals surface area contributed by atoms with E-state index in [-0.39, 0.29) is 12.8 Å². The summed E-state index contributed by atoms with van der Waals surface area (Å²) in [5.74, 6) is -4.70. The highest BCUT2D eigenvalue weighted by atomic mass is 16.5. The van der Waals surface area contributed by atoms with Gasteiger partial charge in [0.2, 0.25) is 0 Å². The van der Waals surface area contributed by atoms with Crippen molar-refractivity contribution in [3.05, 3.63) is 24.3 Å². The average Bonchev–Trinajstić information content (AvgIpc) is 2.59. The fourth-order valence-corrected chi connectivity index (χ4v) is 2.65. The predicted molar refractivity (Wildman–Crippen MR) is 99.8 cm³/mol. The number of rotatable bonds is 15. The number of hydrogen-bond acceptors (Lipinski definition) is 4. The molecule has 0 aromatic rings. The van der Waals surface area contributed by atoms with Gasteiger partial charge in [-0.3, -0.25) is 9.59 Å². The highest BCUT2D eigenvalue weighted by Crippen LogP contribution is 2.24. The largest absolute Gasteiger partial charge is 0.481 e. The van der Waals surface area contributed by atoms with Crippen LogP contribution in [0.2, 0.25) is 0 Å². The van der Waals surface area contributed by atoms with Crippen LogP contribution < -0.4 is 0 Å². The molecule has 0 amide bonds. The number of carboxylic acids is 2. The van der Waals surface area contributed by atoms with E-state index in [0.717, 1.165) is 25.7 Å². The van der Waals surface area contributed by atoms with E-state index in [1.165, 1.54) is 0 Å². The molecule has 0 fully saturated rings. The summed E-state index contributed by atoms with van der Waals surface area (Å²) in [6.07, 6.45) is 8.42. The van der Waals surface area contributed by atoms with Gasteiger partial charge in [-0.25, -0.2) is 4.79 Å². The van der Waals surface area contributed by atoms with Gasteiger partial charge in [-0.1, -0.05) is 44.9 Å². The third kappa shape index (κ3) is 10.0. The van der Waals surface area contributed by atoms with Crippen LogP contribution in [0.15, 0.2) is 24.3 Å². The van der Waals surface area contributed by atoms with Crippen molar-refractivity contribution >= 4 is 17.9 Å². The zero-order valence-electron chi connectivity index (χ0n) is 15.9. The molecule has 0 aromatic carbocycles. The number of aliphatic carboxylic acids is 2. The van der Waals surface area contributed by atoms with E-state index < -0.39 is 29.7 Å². The molecule has 0 aliphatic heterocycles. The molecule has 0 spiro atoms. The first kappa shape index (κ1) is 23.9. The number of hydrogen-bond donors (Lipinski definition) is 2. The molecule has 2 N–H and O–H groups in total. The fourth-order valence-electron chi connectivity index (χ4n) is 2.65. The Kier molecular flexibility index (Phi) is 13.0. The number of carboxylic acid groups (broad SMARTS) is 2.